The molecule has 0 radical (unpaired) electrons. The van der Waals surface area contributed by atoms with Crippen LogP contribution in [-0.2, 0) is 27.4 Å². The summed E-state index contributed by atoms with van der Waals surface area (Å²) in [5.41, 5.74) is 6.33. The zero-order valence-electron chi connectivity index (χ0n) is 11.9. The zero-order valence-corrected chi connectivity index (χ0v) is 13.6. The van der Waals surface area contributed by atoms with Crippen LogP contribution in [-0.4, -0.2) is 48.1 Å². The minimum absolute atomic E-state index is 0.207. The molecular formula is C13H20N2O4S2. The second-order valence-corrected chi connectivity index (χ2v) is 8.29. The molecular weight excluding hydrogens is 312 g/mol. The molecule has 0 bridgehead atoms. The van der Waals surface area contributed by atoms with Crippen LogP contribution >= 0.6 is 0 Å². The molecule has 1 aromatic rings. The standard InChI is InChI=1S/C13H20N2O4S2/c1-2-19-13-4-3-12(9-11(13)10-14)21(17,18)15-5-7-20(16)8-6-15/h3-4,9H,2,5-8,10,14H2,1H3. The summed E-state index contributed by atoms with van der Waals surface area (Å²) in [6, 6.07) is 4.73. The fourth-order valence-corrected chi connectivity index (χ4v) is 4.96. The van der Waals surface area contributed by atoms with Gasteiger partial charge in [-0.2, -0.15) is 4.31 Å². The van der Waals surface area contributed by atoms with Crippen molar-refractivity contribution in [3.05, 3.63) is 23.8 Å². The molecule has 0 unspecified atom stereocenters. The van der Waals surface area contributed by atoms with Crippen molar-refractivity contribution in [3.8, 4) is 5.75 Å². The maximum atomic E-state index is 12.6. The summed E-state index contributed by atoms with van der Waals surface area (Å²) >= 11 is 0. The molecule has 1 aliphatic heterocycles. The summed E-state index contributed by atoms with van der Waals surface area (Å²) < 4.78 is 43.3. The van der Waals surface area contributed by atoms with Crippen LogP contribution < -0.4 is 10.5 Å². The highest BCUT2D eigenvalue weighted by molar-refractivity contribution is 7.89. The van der Waals surface area contributed by atoms with E-state index in [0.717, 1.165) is 0 Å². The molecule has 0 atom stereocenters. The maximum absolute atomic E-state index is 12.6. The van der Waals surface area contributed by atoms with Crippen LogP contribution in [0.3, 0.4) is 0 Å². The smallest absolute Gasteiger partial charge is 0.243 e. The third-order valence-electron chi connectivity index (χ3n) is 3.33. The van der Waals surface area contributed by atoms with Crippen LogP contribution in [0.4, 0.5) is 0 Å². The topological polar surface area (TPSA) is 89.7 Å². The number of nitrogens with two attached hydrogens (primary N) is 1. The summed E-state index contributed by atoms with van der Waals surface area (Å²) in [4.78, 5) is 0.207. The van der Waals surface area contributed by atoms with E-state index in [0.29, 0.717) is 42.5 Å². The lowest BCUT2D eigenvalue weighted by molar-refractivity contribution is 0.336. The highest BCUT2D eigenvalue weighted by atomic mass is 32.2. The van der Waals surface area contributed by atoms with Crippen molar-refractivity contribution < 1.29 is 17.4 Å². The molecule has 118 valence electrons. The summed E-state index contributed by atoms with van der Waals surface area (Å²) in [5, 5.41) is 0. The fraction of sp³-hybridized carbons (Fsp3) is 0.538. The molecule has 2 N–H and O–H groups in total. The molecule has 8 heteroatoms. The van der Waals surface area contributed by atoms with Crippen LogP contribution in [0.2, 0.25) is 0 Å². The Morgan fingerprint density at radius 2 is 2.00 bits per heavy atom. The molecule has 6 nitrogen and oxygen atoms in total. The molecule has 0 amide bonds. The van der Waals surface area contributed by atoms with Crippen molar-refractivity contribution in [2.24, 2.45) is 5.73 Å². The summed E-state index contributed by atoms with van der Waals surface area (Å²) in [7, 11) is -4.47. The molecule has 1 saturated heterocycles. The minimum atomic E-state index is -3.56. The molecule has 0 aliphatic carbocycles. The molecule has 0 aromatic heterocycles. The number of rotatable bonds is 5. The monoisotopic (exact) mass is 332 g/mol. The Bertz CT molecular complexity index is 621. The molecule has 1 heterocycles. The highest BCUT2D eigenvalue weighted by Crippen LogP contribution is 2.25. The Kier molecular flexibility index (Phi) is 5.37. The lowest BCUT2D eigenvalue weighted by Gasteiger charge is -2.25. The Morgan fingerprint density at radius 3 is 2.57 bits per heavy atom. The SMILES string of the molecule is CCOc1ccc(S(=O)(=O)N2CCS(=O)CC2)cc1CN. The van der Waals surface area contributed by atoms with E-state index < -0.39 is 20.8 Å². The first kappa shape index (κ1) is 16.4. The van der Waals surface area contributed by atoms with Gasteiger partial charge in [-0.25, -0.2) is 8.42 Å². The van der Waals surface area contributed by atoms with E-state index in [4.69, 9.17) is 10.5 Å². The van der Waals surface area contributed by atoms with E-state index in [9.17, 15) is 12.6 Å². The van der Waals surface area contributed by atoms with Gasteiger partial charge in [0.05, 0.1) is 11.5 Å². The van der Waals surface area contributed by atoms with Gasteiger partial charge in [-0.1, -0.05) is 0 Å². The normalized spacial score (nSPS) is 17.8. The van der Waals surface area contributed by atoms with Crippen LogP contribution in [0.1, 0.15) is 12.5 Å². The van der Waals surface area contributed by atoms with E-state index >= 15 is 0 Å². The lowest BCUT2D eigenvalue weighted by atomic mass is 10.2. The first-order valence-corrected chi connectivity index (χ1v) is 9.72. The van der Waals surface area contributed by atoms with Gasteiger partial charge in [0.25, 0.3) is 0 Å². The Balaban J connectivity index is 2.29. The largest absolute Gasteiger partial charge is 0.494 e. The van der Waals surface area contributed by atoms with Crippen LogP contribution in [0.25, 0.3) is 0 Å². The van der Waals surface area contributed by atoms with Gasteiger partial charge in [0.15, 0.2) is 0 Å². The van der Waals surface area contributed by atoms with Crippen LogP contribution in [0.15, 0.2) is 23.1 Å². The van der Waals surface area contributed by atoms with Gasteiger partial charge >= 0.3 is 0 Å². The molecule has 21 heavy (non-hydrogen) atoms. The third kappa shape index (κ3) is 3.63. The van der Waals surface area contributed by atoms with E-state index in [2.05, 4.69) is 0 Å². The molecule has 1 fully saturated rings. The summed E-state index contributed by atoms with van der Waals surface area (Å²) in [6.07, 6.45) is 0. The average molecular weight is 332 g/mol. The van der Waals surface area contributed by atoms with Crippen molar-refractivity contribution in [3.63, 3.8) is 0 Å². The first-order chi connectivity index (χ1) is 9.98. The zero-order chi connectivity index (χ0) is 15.5. The van der Waals surface area contributed by atoms with Gasteiger partial charge in [-0.05, 0) is 25.1 Å². The fourth-order valence-electron chi connectivity index (χ4n) is 2.18. The number of ether oxygens (including phenoxy) is 1. The quantitative estimate of drug-likeness (QED) is 0.837. The van der Waals surface area contributed by atoms with E-state index in [1.165, 1.54) is 10.4 Å². The minimum Gasteiger partial charge on any atom is -0.494 e. The second-order valence-electron chi connectivity index (χ2n) is 4.66. The van der Waals surface area contributed by atoms with Crippen molar-refractivity contribution >= 4 is 20.8 Å². The Labute approximate surface area is 127 Å². The number of sulfonamides is 1. The summed E-state index contributed by atoms with van der Waals surface area (Å²) in [5.74, 6) is 1.39. The number of benzene rings is 1. The predicted octanol–water partition coefficient (Wildman–Crippen LogP) is 0.297. The van der Waals surface area contributed by atoms with Gasteiger partial charge in [0.1, 0.15) is 5.75 Å². The van der Waals surface area contributed by atoms with Gasteiger partial charge < -0.3 is 10.5 Å². The van der Waals surface area contributed by atoms with E-state index in [1.807, 2.05) is 6.92 Å². The van der Waals surface area contributed by atoms with Crippen molar-refractivity contribution in [1.29, 1.82) is 0 Å². The molecule has 0 saturated carbocycles. The maximum Gasteiger partial charge on any atom is 0.243 e. The van der Waals surface area contributed by atoms with Crippen LogP contribution in [0.5, 0.6) is 5.75 Å². The average Bonchev–Trinajstić information content (AvgIpc) is 2.48. The van der Waals surface area contributed by atoms with Crippen molar-refractivity contribution in [1.82, 2.24) is 4.31 Å². The van der Waals surface area contributed by atoms with E-state index in [1.54, 1.807) is 12.1 Å². The highest BCUT2D eigenvalue weighted by Gasteiger charge is 2.28. The lowest BCUT2D eigenvalue weighted by Crippen LogP contribution is -2.41. The number of nitrogens with zero attached hydrogens (tertiary/aromatic N) is 1. The summed E-state index contributed by atoms with van der Waals surface area (Å²) in [6.45, 7) is 3.15. The molecule has 0 spiro atoms. The van der Waals surface area contributed by atoms with E-state index in [-0.39, 0.29) is 11.4 Å². The van der Waals surface area contributed by atoms with Gasteiger partial charge in [0.2, 0.25) is 10.0 Å². The first-order valence-electron chi connectivity index (χ1n) is 6.80. The molecule has 1 aliphatic rings. The molecule has 2 rings (SSSR count). The predicted molar refractivity (Wildman–Crippen MR) is 82.1 cm³/mol. The van der Waals surface area contributed by atoms with Crippen molar-refractivity contribution in [2.45, 2.75) is 18.4 Å². The van der Waals surface area contributed by atoms with Gasteiger partial charge in [-0.15, -0.1) is 0 Å². The van der Waals surface area contributed by atoms with Gasteiger partial charge in [0, 0.05) is 47.5 Å². The number of hydrogen-bond donors (Lipinski definition) is 1. The van der Waals surface area contributed by atoms with Crippen LogP contribution in [0, 0.1) is 0 Å². The Hall–Kier alpha value is -0.960. The number of hydrogen-bond acceptors (Lipinski definition) is 5. The molecule has 1 aromatic carbocycles. The third-order valence-corrected chi connectivity index (χ3v) is 6.50. The Morgan fingerprint density at radius 1 is 1.33 bits per heavy atom. The van der Waals surface area contributed by atoms with Gasteiger partial charge in [-0.3, -0.25) is 4.21 Å². The second kappa shape index (κ2) is 6.87. The van der Waals surface area contributed by atoms with Crippen molar-refractivity contribution in [2.75, 3.05) is 31.2 Å².